The molecule has 3 N–H and O–H groups in total. The summed E-state index contributed by atoms with van der Waals surface area (Å²) in [5.74, 6) is -1.14. The Bertz CT molecular complexity index is 648. The first kappa shape index (κ1) is 19.4. The third-order valence-corrected chi connectivity index (χ3v) is 5.74. The number of aromatic carboxylic acids is 1. The number of aryl methyl sites for hydroxylation is 1. The Hall–Kier alpha value is -1.89. The molecule has 0 atom stereocenters. The highest BCUT2D eigenvalue weighted by atomic mass is 32.1. The summed E-state index contributed by atoms with van der Waals surface area (Å²) in [6.45, 7) is 3.60. The van der Waals surface area contributed by atoms with Gasteiger partial charge < -0.3 is 15.7 Å². The third-order valence-electron chi connectivity index (χ3n) is 4.67. The molecule has 7 heteroatoms. The molecule has 1 fully saturated rings. The molecule has 0 aromatic carbocycles. The minimum atomic E-state index is -1.04. The number of hydrogen-bond donors (Lipinski definition) is 3. The van der Waals surface area contributed by atoms with Gasteiger partial charge in [0.1, 0.15) is 5.00 Å². The number of thiophene rings is 1. The lowest BCUT2D eigenvalue weighted by atomic mass is 9.87. The van der Waals surface area contributed by atoms with Crippen LogP contribution in [0.1, 0.15) is 66.2 Å². The molecule has 1 aromatic heterocycles. The van der Waals surface area contributed by atoms with Gasteiger partial charge in [0.25, 0.3) is 0 Å². The predicted octanol–water partition coefficient (Wildman–Crippen LogP) is 3.34. The van der Waals surface area contributed by atoms with Crippen LogP contribution in [0.3, 0.4) is 0 Å². The lowest BCUT2D eigenvalue weighted by molar-refractivity contribution is -0.125. The van der Waals surface area contributed by atoms with Crippen molar-refractivity contribution in [2.45, 2.75) is 58.8 Å². The van der Waals surface area contributed by atoms with Gasteiger partial charge in [-0.3, -0.25) is 9.59 Å². The van der Waals surface area contributed by atoms with Gasteiger partial charge in [-0.2, -0.15) is 0 Å². The zero-order valence-corrected chi connectivity index (χ0v) is 15.6. The van der Waals surface area contributed by atoms with Gasteiger partial charge in [-0.25, -0.2) is 4.79 Å². The Morgan fingerprint density at radius 1 is 1.16 bits per heavy atom. The number of carbonyl (C=O) groups is 3. The molecule has 2 amide bonds. The molecule has 0 spiro atoms. The quantitative estimate of drug-likeness (QED) is 0.689. The molecule has 1 saturated carbocycles. The number of amides is 2. The molecule has 25 heavy (non-hydrogen) atoms. The third kappa shape index (κ3) is 5.29. The second kappa shape index (κ2) is 8.99. The summed E-state index contributed by atoms with van der Waals surface area (Å²) < 4.78 is 0. The van der Waals surface area contributed by atoms with E-state index in [9.17, 15) is 19.5 Å². The van der Waals surface area contributed by atoms with E-state index >= 15 is 0 Å². The average molecular weight is 366 g/mol. The van der Waals surface area contributed by atoms with Crippen LogP contribution in [-0.2, 0) is 16.0 Å². The fourth-order valence-electron chi connectivity index (χ4n) is 3.39. The van der Waals surface area contributed by atoms with Gasteiger partial charge in [0.2, 0.25) is 11.8 Å². The second-order valence-corrected chi connectivity index (χ2v) is 7.76. The maximum Gasteiger partial charge on any atom is 0.339 e. The number of carbonyl (C=O) groups excluding carboxylic acids is 2. The lowest BCUT2D eigenvalue weighted by Gasteiger charge is -2.20. The number of hydrogen-bond acceptors (Lipinski definition) is 4. The number of nitrogens with one attached hydrogen (secondary N) is 2. The van der Waals surface area contributed by atoms with Gasteiger partial charge in [0.15, 0.2) is 0 Å². The van der Waals surface area contributed by atoms with Crippen molar-refractivity contribution < 1.29 is 19.5 Å². The van der Waals surface area contributed by atoms with E-state index in [0.29, 0.717) is 23.8 Å². The smallest absolute Gasteiger partial charge is 0.339 e. The molecule has 1 aliphatic rings. The Balaban J connectivity index is 1.88. The molecule has 0 saturated heterocycles. The van der Waals surface area contributed by atoms with Crippen molar-refractivity contribution in [3.63, 3.8) is 0 Å². The molecule has 0 aliphatic heterocycles. The van der Waals surface area contributed by atoms with E-state index in [1.165, 1.54) is 30.6 Å². The first-order chi connectivity index (χ1) is 11.9. The van der Waals surface area contributed by atoms with Gasteiger partial charge in [-0.1, -0.05) is 26.2 Å². The molecule has 138 valence electrons. The Morgan fingerprint density at radius 2 is 1.84 bits per heavy atom. The minimum Gasteiger partial charge on any atom is -0.478 e. The first-order valence-electron chi connectivity index (χ1n) is 8.84. The summed E-state index contributed by atoms with van der Waals surface area (Å²) in [6.07, 6.45) is 6.81. The highest BCUT2D eigenvalue weighted by Crippen LogP contribution is 2.33. The standard InChI is InChI=1S/C18H26N2O4S/c1-3-13-11(2)25-17(16(13)18(23)24)20-15(22)10-19-14(21)9-12-7-5-4-6-8-12/h12H,3-10H2,1-2H3,(H,19,21)(H,20,22)(H,23,24). The van der Waals surface area contributed by atoms with Crippen LogP contribution in [0.5, 0.6) is 0 Å². The largest absolute Gasteiger partial charge is 0.478 e. The molecule has 0 unspecified atom stereocenters. The molecule has 1 heterocycles. The van der Waals surface area contributed by atoms with Crippen molar-refractivity contribution in [2.75, 3.05) is 11.9 Å². The van der Waals surface area contributed by atoms with E-state index in [4.69, 9.17) is 0 Å². The Morgan fingerprint density at radius 3 is 2.44 bits per heavy atom. The van der Waals surface area contributed by atoms with Crippen LogP contribution in [0.25, 0.3) is 0 Å². The Labute approximate surface area is 152 Å². The van der Waals surface area contributed by atoms with Gasteiger partial charge in [0, 0.05) is 11.3 Å². The van der Waals surface area contributed by atoms with Crippen molar-refractivity contribution in [1.82, 2.24) is 5.32 Å². The summed E-state index contributed by atoms with van der Waals surface area (Å²) in [5.41, 5.74) is 0.904. The van der Waals surface area contributed by atoms with Crippen molar-refractivity contribution in [3.05, 3.63) is 16.0 Å². The van der Waals surface area contributed by atoms with E-state index < -0.39 is 11.9 Å². The van der Waals surface area contributed by atoms with Crippen LogP contribution < -0.4 is 10.6 Å². The Kier molecular flexibility index (Phi) is 6.99. The number of carboxylic acids is 1. The van der Waals surface area contributed by atoms with Gasteiger partial charge in [0.05, 0.1) is 12.1 Å². The van der Waals surface area contributed by atoms with Crippen LogP contribution in [0.4, 0.5) is 5.00 Å². The van der Waals surface area contributed by atoms with Crippen LogP contribution in [0, 0.1) is 12.8 Å². The average Bonchev–Trinajstić information content (AvgIpc) is 2.89. The molecule has 2 rings (SSSR count). The minimum absolute atomic E-state index is 0.114. The van der Waals surface area contributed by atoms with Gasteiger partial charge >= 0.3 is 5.97 Å². The number of anilines is 1. The SMILES string of the molecule is CCc1c(C)sc(NC(=O)CNC(=O)CC2CCCCC2)c1C(=O)O. The number of rotatable bonds is 7. The van der Waals surface area contributed by atoms with Gasteiger partial charge in [-0.15, -0.1) is 11.3 Å². The fraction of sp³-hybridized carbons (Fsp3) is 0.611. The summed E-state index contributed by atoms with van der Waals surface area (Å²) in [5, 5.41) is 15.0. The van der Waals surface area contributed by atoms with Crippen LogP contribution in [-0.4, -0.2) is 29.4 Å². The lowest BCUT2D eigenvalue weighted by Crippen LogP contribution is -2.34. The molecule has 6 nitrogen and oxygen atoms in total. The fourth-order valence-corrected chi connectivity index (χ4v) is 4.55. The van der Waals surface area contributed by atoms with E-state index in [0.717, 1.165) is 23.3 Å². The molecule has 1 aliphatic carbocycles. The zero-order valence-electron chi connectivity index (χ0n) is 14.8. The summed E-state index contributed by atoms with van der Waals surface area (Å²) >= 11 is 1.26. The normalized spacial score (nSPS) is 15.0. The van der Waals surface area contributed by atoms with Gasteiger partial charge in [-0.05, 0) is 37.7 Å². The van der Waals surface area contributed by atoms with Crippen molar-refractivity contribution in [1.29, 1.82) is 0 Å². The van der Waals surface area contributed by atoms with Crippen molar-refractivity contribution in [2.24, 2.45) is 5.92 Å². The maximum absolute atomic E-state index is 12.1. The second-order valence-electron chi connectivity index (χ2n) is 6.53. The number of carboxylic acid groups (broad SMARTS) is 1. The monoisotopic (exact) mass is 366 g/mol. The zero-order chi connectivity index (χ0) is 18.4. The first-order valence-corrected chi connectivity index (χ1v) is 9.66. The van der Waals surface area contributed by atoms with Crippen LogP contribution in [0.2, 0.25) is 0 Å². The summed E-state index contributed by atoms with van der Waals surface area (Å²) in [4.78, 5) is 36.4. The molecule has 0 radical (unpaired) electrons. The van der Waals surface area contributed by atoms with Crippen LogP contribution >= 0.6 is 11.3 Å². The summed E-state index contributed by atoms with van der Waals surface area (Å²) in [6, 6.07) is 0. The topological polar surface area (TPSA) is 95.5 Å². The van der Waals surface area contributed by atoms with Crippen LogP contribution in [0.15, 0.2) is 0 Å². The molecular formula is C18H26N2O4S. The van der Waals surface area contributed by atoms with Crippen molar-refractivity contribution in [3.8, 4) is 0 Å². The highest BCUT2D eigenvalue weighted by Gasteiger charge is 2.22. The van der Waals surface area contributed by atoms with E-state index in [-0.39, 0.29) is 18.0 Å². The van der Waals surface area contributed by atoms with E-state index in [2.05, 4.69) is 10.6 Å². The molecule has 0 bridgehead atoms. The predicted molar refractivity (Wildman–Crippen MR) is 98.2 cm³/mol. The molecule has 1 aromatic rings. The maximum atomic E-state index is 12.1. The van der Waals surface area contributed by atoms with E-state index in [1.807, 2.05) is 13.8 Å². The highest BCUT2D eigenvalue weighted by molar-refractivity contribution is 7.16. The van der Waals surface area contributed by atoms with E-state index in [1.54, 1.807) is 0 Å². The van der Waals surface area contributed by atoms with Crippen molar-refractivity contribution >= 4 is 34.1 Å². The summed E-state index contributed by atoms with van der Waals surface area (Å²) in [7, 11) is 0. The molecular weight excluding hydrogens is 340 g/mol.